The fourth-order valence-electron chi connectivity index (χ4n) is 2.15. The van der Waals surface area contributed by atoms with Crippen LogP contribution in [0.3, 0.4) is 0 Å². The number of hydrogen-bond donors (Lipinski definition) is 2. The minimum absolute atomic E-state index is 0.0415. The Hall–Kier alpha value is -0.650. The number of β-amino-alcohol motifs (C(OH)–C–C–N with tert-alkyl or cyclic N) is 1. The van der Waals surface area contributed by atoms with E-state index >= 15 is 0 Å². The van der Waals surface area contributed by atoms with Gasteiger partial charge in [0, 0.05) is 39.2 Å². The van der Waals surface area contributed by atoms with E-state index in [4.69, 9.17) is 4.74 Å². The molecule has 0 aromatic heterocycles. The fourth-order valence-corrected chi connectivity index (χ4v) is 2.15. The largest absolute Gasteiger partial charge is 0.389 e. The molecule has 1 unspecified atom stereocenters. The fraction of sp³-hybridized carbons (Fsp3) is 0.917. The van der Waals surface area contributed by atoms with Crippen LogP contribution in [-0.2, 0) is 9.53 Å². The highest BCUT2D eigenvalue weighted by Gasteiger charge is 2.21. The highest BCUT2D eigenvalue weighted by molar-refractivity contribution is 5.73. The lowest BCUT2D eigenvalue weighted by Crippen LogP contribution is -2.46. The zero-order valence-corrected chi connectivity index (χ0v) is 10.8. The van der Waals surface area contributed by atoms with E-state index < -0.39 is 6.10 Å². The molecule has 1 heterocycles. The van der Waals surface area contributed by atoms with Crippen molar-refractivity contribution in [2.75, 3.05) is 32.8 Å². The standard InChI is InChI=1S/C12H24N2O3/c1-3-17-9-12(16)8-14-6-4-11(5-7-14)13-10(2)15/h11-12,16H,3-9H2,1-2H3,(H,13,15). The van der Waals surface area contributed by atoms with E-state index in [1.165, 1.54) is 0 Å². The molecule has 5 nitrogen and oxygen atoms in total. The van der Waals surface area contributed by atoms with Crippen LogP contribution in [0.2, 0.25) is 0 Å². The van der Waals surface area contributed by atoms with Crippen LogP contribution >= 0.6 is 0 Å². The van der Waals surface area contributed by atoms with Gasteiger partial charge in [-0.15, -0.1) is 0 Å². The molecule has 1 aliphatic rings. The lowest BCUT2D eigenvalue weighted by molar-refractivity contribution is -0.120. The van der Waals surface area contributed by atoms with Gasteiger partial charge in [0.15, 0.2) is 0 Å². The quantitative estimate of drug-likeness (QED) is 0.689. The van der Waals surface area contributed by atoms with E-state index in [1.54, 1.807) is 6.92 Å². The van der Waals surface area contributed by atoms with Gasteiger partial charge in [0.1, 0.15) is 0 Å². The summed E-state index contributed by atoms with van der Waals surface area (Å²) in [6, 6.07) is 0.299. The summed E-state index contributed by atoms with van der Waals surface area (Å²) in [7, 11) is 0. The molecule has 1 rings (SSSR count). The normalized spacial score (nSPS) is 20.2. The summed E-state index contributed by atoms with van der Waals surface area (Å²) < 4.78 is 5.18. The molecule has 1 aliphatic heterocycles. The molecule has 1 saturated heterocycles. The third-order valence-electron chi connectivity index (χ3n) is 2.98. The average molecular weight is 244 g/mol. The maximum absolute atomic E-state index is 10.9. The predicted molar refractivity (Wildman–Crippen MR) is 65.8 cm³/mol. The number of carbonyl (C=O) groups is 1. The van der Waals surface area contributed by atoms with Gasteiger partial charge >= 0.3 is 0 Å². The summed E-state index contributed by atoms with van der Waals surface area (Å²) in [6.07, 6.45) is 1.51. The van der Waals surface area contributed by atoms with Gasteiger partial charge < -0.3 is 20.1 Å². The number of carbonyl (C=O) groups excluding carboxylic acids is 1. The number of likely N-dealkylation sites (tertiary alicyclic amines) is 1. The van der Waals surface area contributed by atoms with Crippen molar-refractivity contribution < 1.29 is 14.6 Å². The van der Waals surface area contributed by atoms with Crippen LogP contribution in [0.4, 0.5) is 0 Å². The first-order chi connectivity index (χ1) is 8.11. The van der Waals surface area contributed by atoms with Crippen LogP contribution < -0.4 is 5.32 Å². The Labute approximate surface area is 103 Å². The minimum Gasteiger partial charge on any atom is -0.389 e. The van der Waals surface area contributed by atoms with Gasteiger partial charge in [0.25, 0.3) is 0 Å². The van der Waals surface area contributed by atoms with Gasteiger partial charge in [-0.25, -0.2) is 0 Å². The number of aliphatic hydroxyl groups excluding tert-OH is 1. The molecule has 1 fully saturated rings. The Morgan fingerprint density at radius 3 is 2.71 bits per heavy atom. The van der Waals surface area contributed by atoms with Gasteiger partial charge in [0.05, 0.1) is 12.7 Å². The van der Waals surface area contributed by atoms with Crippen molar-refractivity contribution in [2.45, 2.75) is 38.8 Å². The number of nitrogens with one attached hydrogen (secondary N) is 1. The molecule has 0 radical (unpaired) electrons. The SMILES string of the molecule is CCOCC(O)CN1CCC(NC(C)=O)CC1. The molecule has 0 bridgehead atoms. The molecule has 0 saturated carbocycles. The lowest BCUT2D eigenvalue weighted by atomic mass is 10.0. The van der Waals surface area contributed by atoms with E-state index in [2.05, 4.69) is 10.2 Å². The van der Waals surface area contributed by atoms with Crippen LogP contribution in [0, 0.1) is 0 Å². The van der Waals surface area contributed by atoms with Crippen LogP contribution in [0.1, 0.15) is 26.7 Å². The second-order valence-electron chi connectivity index (χ2n) is 4.59. The number of rotatable bonds is 6. The summed E-state index contributed by atoms with van der Waals surface area (Å²) in [5.41, 5.74) is 0. The van der Waals surface area contributed by atoms with Crippen molar-refractivity contribution in [1.82, 2.24) is 10.2 Å². The first-order valence-corrected chi connectivity index (χ1v) is 6.37. The molecular formula is C12H24N2O3. The maximum Gasteiger partial charge on any atom is 0.217 e. The number of nitrogens with zero attached hydrogens (tertiary/aromatic N) is 1. The number of piperidine rings is 1. The molecule has 0 spiro atoms. The summed E-state index contributed by atoms with van der Waals surface area (Å²) in [5, 5.41) is 12.6. The Bertz CT molecular complexity index is 228. The Kier molecular flexibility index (Phi) is 6.47. The molecule has 5 heteroatoms. The lowest BCUT2D eigenvalue weighted by Gasteiger charge is -2.33. The number of hydrogen-bond acceptors (Lipinski definition) is 4. The first-order valence-electron chi connectivity index (χ1n) is 6.37. The second kappa shape index (κ2) is 7.63. The summed E-state index contributed by atoms with van der Waals surface area (Å²) >= 11 is 0. The third-order valence-corrected chi connectivity index (χ3v) is 2.98. The third kappa shape index (κ3) is 6.00. The predicted octanol–water partition coefficient (Wildman–Crippen LogP) is -0.0157. The van der Waals surface area contributed by atoms with Gasteiger partial charge in [-0.1, -0.05) is 0 Å². The zero-order valence-electron chi connectivity index (χ0n) is 10.8. The Morgan fingerprint density at radius 1 is 1.53 bits per heavy atom. The molecule has 17 heavy (non-hydrogen) atoms. The van der Waals surface area contributed by atoms with Crippen LogP contribution in [0.5, 0.6) is 0 Å². The zero-order chi connectivity index (χ0) is 12.7. The highest BCUT2D eigenvalue weighted by atomic mass is 16.5. The monoisotopic (exact) mass is 244 g/mol. The van der Waals surface area contributed by atoms with Gasteiger partial charge in [0.2, 0.25) is 5.91 Å². The summed E-state index contributed by atoms with van der Waals surface area (Å²) in [5.74, 6) is 0.0415. The second-order valence-corrected chi connectivity index (χ2v) is 4.59. The molecule has 100 valence electrons. The van der Waals surface area contributed by atoms with Gasteiger partial charge in [-0.3, -0.25) is 4.79 Å². The average Bonchev–Trinajstić information content (AvgIpc) is 2.28. The molecule has 1 atom stereocenters. The molecule has 0 aromatic carbocycles. The van der Waals surface area contributed by atoms with Gasteiger partial charge in [-0.2, -0.15) is 0 Å². The van der Waals surface area contributed by atoms with Crippen LogP contribution in [0.15, 0.2) is 0 Å². The van der Waals surface area contributed by atoms with Crippen LogP contribution in [0.25, 0.3) is 0 Å². The first kappa shape index (κ1) is 14.4. The van der Waals surface area contributed by atoms with E-state index in [9.17, 15) is 9.90 Å². The topological polar surface area (TPSA) is 61.8 Å². The number of ether oxygens (including phenoxy) is 1. The van der Waals surface area contributed by atoms with Crippen LogP contribution in [-0.4, -0.2) is 60.9 Å². The summed E-state index contributed by atoms with van der Waals surface area (Å²) in [6.45, 7) is 7.03. The van der Waals surface area contributed by atoms with E-state index in [-0.39, 0.29) is 5.91 Å². The van der Waals surface area contributed by atoms with Gasteiger partial charge in [-0.05, 0) is 19.8 Å². The van der Waals surface area contributed by atoms with E-state index in [1.807, 2.05) is 6.92 Å². The van der Waals surface area contributed by atoms with E-state index in [0.717, 1.165) is 25.9 Å². The molecular weight excluding hydrogens is 220 g/mol. The van der Waals surface area contributed by atoms with Crippen molar-refractivity contribution in [2.24, 2.45) is 0 Å². The molecule has 0 aliphatic carbocycles. The molecule has 1 amide bonds. The van der Waals surface area contributed by atoms with Crippen molar-refractivity contribution in [3.8, 4) is 0 Å². The van der Waals surface area contributed by atoms with Crippen molar-refractivity contribution in [3.63, 3.8) is 0 Å². The number of aliphatic hydroxyl groups is 1. The smallest absolute Gasteiger partial charge is 0.217 e. The number of amides is 1. The van der Waals surface area contributed by atoms with E-state index in [0.29, 0.717) is 25.8 Å². The summed E-state index contributed by atoms with van der Waals surface area (Å²) in [4.78, 5) is 13.1. The van der Waals surface area contributed by atoms with Crippen molar-refractivity contribution in [1.29, 1.82) is 0 Å². The Morgan fingerprint density at radius 2 is 2.18 bits per heavy atom. The maximum atomic E-state index is 10.9. The molecule has 2 N–H and O–H groups in total. The van der Waals surface area contributed by atoms with Crippen molar-refractivity contribution >= 4 is 5.91 Å². The minimum atomic E-state index is -0.410. The molecule has 0 aromatic rings. The Balaban J connectivity index is 2.16. The highest BCUT2D eigenvalue weighted by Crippen LogP contribution is 2.10. The van der Waals surface area contributed by atoms with Crippen molar-refractivity contribution in [3.05, 3.63) is 0 Å².